The molecule has 0 saturated carbocycles. The number of carbonyl (C=O) groups is 1. The van der Waals surface area contributed by atoms with Gasteiger partial charge in [-0.2, -0.15) is 13.2 Å². The van der Waals surface area contributed by atoms with Crippen LogP contribution in [-0.2, 0) is 6.18 Å². The summed E-state index contributed by atoms with van der Waals surface area (Å²) in [5.74, 6) is 0. The highest BCUT2D eigenvalue weighted by molar-refractivity contribution is 6.31. The first kappa shape index (κ1) is 14.7. The molecule has 1 heterocycles. The van der Waals surface area contributed by atoms with Gasteiger partial charge in [0.25, 0.3) is 0 Å². The quantitative estimate of drug-likeness (QED) is 0.612. The van der Waals surface area contributed by atoms with E-state index in [9.17, 15) is 18.0 Å². The molecule has 0 aliphatic heterocycles. The minimum atomic E-state index is -4.72. The molecule has 0 N–H and O–H groups in total. The first-order valence-corrected chi connectivity index (χ1v) is 5.93. The largest absolute Gasteiger partial charge is 0.434 e. The van der Waals surface area contributed by atoms with Gasteiger partial charge in [0, 0.05) is 22.3 Å². The summed E-state index contributed by atoms with van der Waals surface area (Å²) in [6.45, 7) is 0. The lowest BCUT2D eigenvalue weighted by Gasteiger charge is -2.13. The highest BCUT2D eigenvalue weighted by Crippen LogP contribution is 2.37. The van der Waals surface area contributed by atoms with Gasteiger partial charge in [-0.3, -0.25) is 4.79 Å². The van der Waals surface area contributed by atoms with Crippen LogP contribution in [-0.4, -0.2) is 16.3 Å². The molecule has 2 aromatic rings. The van der Waals surface area contributed by atoms with Gasteiger partial charge in [0.05, 0.1) is 0 Å². The monoisotopic (exact) mass is 320 g/mol. The zero-order chi connectivity index (χ0) is 14.9. The Labute approximate surface area is 121 Å². The molecular weight excluding hydrogens is 316 g/mol. The fourth-order valence-electron chi connectivity index (χ4n) is 1.65. The molecule has 0 spiro atoms. The van der Waals surface area contributed by atoms with E-state index in [0.29, 0.717) is 6.29 Å². The molecule has 8 heteroatoms. The van der Waals surface area contributed by atoms with Crippen LogP contribution in [0.2, 0.25) is 10.3 Å². The summed E-state index contributed by atoms with van der Waals surface area (Å²) >= 11 is 11.1. The Balaban J connectivity index is 2.73. The maximum Gasteiger partial charge on any atom is 0.434 e. The Hall–Kier alpha value is -1.66. The number of alkyl halides is 3. The summed E-state index contributed by atoms with van der Waals surface area (Å²) in [5, 5.41) is -0.290. The van der Waals surface area contributed by atoms with Gasteiger partial charge in [0.2, 0.25) is 5.28 Å². The van der Waals surface area contributed by atoms with Gasteiger partial charge >= 0.3 is 6.18 Å². The number of rotatable bonds is 2. The molecule has 1 aromatic carbocycles. The van der Waals surface area contributed by atoms with Crippen LogP contribution in [0.5, 0.6) is 0 Å². The molecule has 0 unspecified atom stereocenters. The van der Waals surface area contributed by atoms with Gasteiger partial charge in [-0.15, -0.1) is 0 Å². The van der Waals surface area contributed by atoms with Gasteiger partial charge in [0.1, 0.15) is 0 Å². The first-order valence-electron chi connectivity index (χ1n) is 5.18. The normalized spacial score (nSPS) is 11.4. The number of aldehydes is 1. The molecule has 2 rings (SSSR count). The highest BCUT2D eigenvalue weighted by Gasteiger charge is 2.36. The fraction of sp³-hybridized carbons (Fsp3) is 0.0833. The predicted octanol–water partition coefficient (Wildman–Crippen LogP) is 4.28. The number of hydrogen-bond donors (Lipinski definition) is 0. The van der Waals surface area contributed by atoms with Gasteiger partial charge < -0.3 is 0 Å². The zero-order valence-corrected chi connectivity index (χ0v) is 11.1. The lowest BCUT2D eigenvalue weighted by Crippen LogP contribution is -2.11. The Morgan fingerprint density at radius 3 is 2.45 bits per heavy atom. The third-order valence-corrected chi connectivity index (χ3v) is 2.88. The molecule has 0 radical (unpaired) electrons. The molecule has 104 valence electrons. The minimum absolute atomic E-state index is 0.00826. The molecule has 3 nitrogen and oxygen atoms in total. The fourth-order valence-corrected chi connectivity index (χ4v) is 1.96. The third-order valence-electron chi connectivity index (χ3n) is 2.46. The number of aromatic nitrogens is 2. The van der Waals surface area contributed by atoms with E-state index in [-0.39, 0.29) is 21.7 Å². The molecular formula is C12H5Cl2F3N2O. The van der Waals surface area contributed by atoms with E-state index in [1.165, 1.54) is 18.2 Å². The van der Waals surface area contributed by atoms with E-state index in [1.807, 2.05) is 0 Å². The average Bonchev–Trinajstić information content (AvgIpc) is 2.38. The van der Waals surface area contributed by atoms with Crippen molar-refractivity contribution in [1.29, 1.82) is 0 Å². The van der Waals surface area contributed by atoms with Crippen LogP contribution in [0.3, 0.4) is 0 Å². The molecule has 0 aliphatic carbocycles. The highest BCUT2D eigenvalue weighted by atomic mass is 35.5. The minimum Gasteiger partial charge on any atom is -0.298 e. The van der Waals surface area contributed by atoms with Gasteiger partial charge in [-0.1, -0.05) is 17.7 Å². The van der Waals surface area contributed by atoms with Crippen molar-refractivity contribution in [3.8, 4) is 11.1 Å². The molecule has 0 bridgehead atoms. The number of benzene rings is 1. The third kappa shape index (κ3) is 2.91. The maximum absolute atomic E-state index is 13.0. The Morgan fingerprint density at radius 2 is 1.85 bits per heavy atom. The van der Waals surface area contributed by atoms with E-state index in [4.69, 9.17) is 23.2 Å². The Morgan fingerprint density at radius 1 is 1.15 bits per heavy atom. The summed E-state index contributed by atoms with van der Waals surface area (Å²) in [6, 6.07) is 3.94. The summed E-state index contributed by atoms with van der Waals surface area (Å²) in [4.78, 5) is 17.7. The Bertz CT molecular complexity index is 674. The SMILES string of the molecule is O=Cc1cc(Cl)ccc1-c1cnc(Cl)nc1C(F)(F)F. The van der Waals surface area contributed by atoms with Gasteiger partial charge in [-0.05, 0) is 29.3 Å². The van der Waals surface area contributed by atoms with Crippen molar-refractivity contribution in [2.75, 3.05) is 0 Å². The van der Waals surface area contributed by atoms with Crippen LogP contribution in [0.25, 0.3) is 11.1 Å². The molecule has 0 aliphatic rings. The Kier molecular flexibility index (Phi) is 3.96. The van der Waals surface area contributed by atoms with Crippen molar-refractivity contribution in [3.63, 3.8) is 0 Å². The standard InChI is InChI=1S/C12H5Cl2F3N2O/c13-7-1-2-8(6(3-7)5-20)9-4-18-11(14)19-10(9)12(15,16)17/h1-5H. The van der Waals surface area contributed by atoms with Crippen LogP contribution in [0.1, 0.15) is 16.1 Å². The summed E-state index contributed by atoms with van der Waals surface area (Å²) in [5.41, 5.74) is -1.49. The second kappa shape index (κ2) is 5.38. The van der Waals surface area contributed by atoms with Crippen LogP contribution in [0, 0.1) is 0 Å². The molecule has 1 aromatic heterocycles. The number of halogens is 5. The first-order chi connectivity index (χ1) is 9.32. The van der Waals surface area contributed by atoms with E-state index >= 15 is 0 Å². The average molecular weight is 321 g/mol. The van der Waals surface area contributed by atoms with Crippen molar-refractivity contribution in [2.45, 2.75) is 6.18 Å². The van der Waals surface area contributed by atoms with Gasteiger partial charge in [0.15, 0.2) is 12.0 Å². The van der Waals surface area contributed by atoms with Crippen molar-refractivity contribution in [1.82, 2.24) is 9.97 Å². The van der Waals surface area contributed by atoms with E-state index in [2.05, 4.69) is 9.97 Å². The lowest BCUT2D eigenvalue weighted by atomic mass is 10.00. The summed E-state index contributed by atoms with van der Waals surface area (Å²) in [6.07, 6.45) is -3.38. The summed E-state index contributed by atoms with van der Waals surface area (Å²) in [7, 11) is 0. The number of hydrogen-bond acceptors (Lipinski definition) is 3. The van der Waals surface area contributed by atoms with Crippen molar-refractivity contribution >= 4 is 29.5 Å². The summed E-state index contributed by atoms with van der Waals surface area (Å²) < 4.78 is 38.9. The van der Waals surface area contributed by atoms with Crippen LogP contribution in [0.4, 0.5) is 13.2 Å². The van der Waals surface area contributed by atoms with E-state index in [1.54, 1.807) is 0 Å². The van der Waals surface area contributed by atoms with Crippen LogP contribution in [0.15, 0.2) is 24.4 Å². The maximum atomic E-state index is 13.0. The second-order valence-electron chi connectivity index (χ2n) is 3.75. The molecule has 20 heavy (non-hydrogen) atoms. The van der Waals surface area contributed by atoms with Crippen molar-refractivity contribution in [2.24, 2.45) is 0 Å². The molecule has 0 fully saturated rings. The van der Waals surface area contributed by atoms with Crippen molar-refractivity contribution < 1.29 is 18.0 Å². The van der Waals surface area contributed by atoms with E-state index in [0.717, 1.165) is 6.20 Å². The van der Waals surface area contributed by atoms with E-state index < -0.39 is 17.2 Å². The second-order valence-corrected chi connectivity index (χ2v) is 4.52. The van der Waals surface area contributed by atoms with Gasteiger partial charge in [-0.25, -0.2) is 9.97 Å². The zero-order valence-electron chi connectivity index (χ0n) is 9.58. The van der Waals surface area contributed by atoms with Crippen LogP contribution >= 0.6 is 23.2 Å². The number of nitrogens with zero attached hydrogens (tertiary/aromatic N) is 2. The van der Waals surface area contributed by atoms with Crippen molar-refractivity contribution in [3.05, 3.63) is 46.0 Å². The number of carbonyl (C=O) groups excluding carboxylic acids is 1. The molecule has 0 amide bonds. The topological polar surface area (TPSA) is 42.9 Å². The predicted molar refractivity (Wildman–Crippen MR) is 67.9 cm³/mol. The van der Waals surface area contributed by atoms with Crippen LogP contribution < -0.4 is 0 Å². The molecule has 0 atom stereocenters. The molecule has 0 saturated heterocycles. The smallest absolute Gasteiger partial charge is 0.298 e. The lowest BCUT2D eigenvalue weighted by molar-refractivity contribution is -0.140.